The van der Waals surface area contributed by atoms with Gasteiger partial charge in [-0.25, -0.2) is 4.68 Å². The minimum Gasteiger partial charge on any atom is -0.508 e. The van der Waals surface area contributed by atoms with Crippen LogP contribution >= 0.6 is 0 Å². The van der Waals surface area contributed by atoms with E-state index < -0.39 is 17.6 Å². The molecule has 0 unspecified atom stereocenters. The van der Waals surface area contributed by atoms with Crippen LogP contribution in [0.4, 0.5) is 13.2 Å². The number of aromatic hydroxyl groups is 1. The smallest absolute Gasteiger partial charge is 0.416 e. The van der Waals surface area contributed by atoms with Crippen LogP contribution in [0.5, 0.6) is 5.75 Å². The van der Waals surface area contributed by atoms with Crippen molar-refractivity contribution in [3.8, 4) is 11.4 Å². The first kappa shape index (κ1) is 22.9. The van der Waals surface area contributed by atoms with Crippen LogP contribution in [0.2, 0.25) is 0 Å². The second-order valence-electron chi connectivity index (χ2n) is 7.02. The standard InChI is InChI=1S/C22H21F3N4O3/c1-14-19(13-28-29(14)17-7-3-6-16(12-17)22(23,24)25)21(32)27-10-4-9-26-20(31)15-5-2-8-18(30)11-15/h2-3,5-8,11-13,30H,4,9-10H2,1H3,(H,26,31)(H,27,32). The van der Waals surface area contributed by atoms with Crippen molar-refractivity contribution in [2.24, 2.45) is 0 Å². The summed E-state index contributed by atoms with van der Waals surface area (Å²) in [4.78, 5) is 24.4. The number of aromatic nitrogens is 2. The number of carbonyl (C=O) groups is 2. The van der Waals surface area contributed by atoms with Crippen molar-refractivity contribution < 1.29 is 27.9 Å². The first-order chi connectivity index (χ1) is 15.2. The lowest BCUT2D eigenvalue weighted by Gasteiger charge is -2.10. The van der Waals surface area contributed by atoms with Crippen molar-refractivity contribution in [1.82, 2.24) is 20.4 Å². The summed E-state index contributed by atoms with van der Waals surface area (Å²) in [5.74, 6) is -0.767. The molecule has 32 heavy (non-hydrogen) atoms. The normalized spacial score (nSPS) is 11.2. The molecule has 1 heterocycles. The number of nitrogens with one attached hydrogen (secondary N) is 2. The molecule has 7 nitrogen and oxygen atoms in total. The topological polar surface area (TPSA) is 96.2 Å². The highest BCUT2D eigenvalue weighted by Gasteiger charge is 2.30. The fraction of sp³-hybridized carbons (Fsp3) is 0.227. The quantitative estimate of drug-likeness (QED) is 0.485. The van der Waals surface area contributed by atoms with Crippen LogP contribution in [-0.4, -0.2) is 39.8 Å². The molecule has 2 aromatic carbocycles. The highest BCUT2D eigenvalue weighted by atomic mass is 19.4. The van der Waals surface area contributed by atoms with E-state index in [0.29, 0.717) is 24.2 Å². The highest BCUT2D eigenvalue weighted by molar-refractivity contribution is 5.95. The Morgan fingerprint density at radius 3 is 2.41 bits per heavy atom. The maximum atomic E-state index is 13.0. The van der Waals surface area contributed by atoms with Crippen molar-refractivity contribution in [3.63, 3.8) is 0 Å². The number of phenols is 1. The Morgan fingerprint density at radius 1 is 1.03 bits per heavy atom. The van der Waals surface area contributed by atoms with Gasteiger partial charge in [0.05, 0.1) is 28.7 Å². The summed E-state index contributed by atoms with van der Waals surface area (Å²) >= 11 is 0. The zero-order valence-corrected chi connectivity index (χ0v) is 17.1. The van der Waals surface area contributed by atoms with Gasteiger partial charge >= 0.3 is 6.18 Å². The largest absolute Gasteiger partial charge is 0.508 e. The van der Waals surface area contributed by atoms with Gasteiger partial charge in [-0.1, -0.05) is 12.1 Å². The number of benzene rings is 2. The van der Waals surface area contributed by atoms with E-state index in [1.165, 1.54) is 35.1 Å². The molecule has 10 heteroatoms. The fourth-order valence-electron chi connectivity index (χ4n) is 3.04. The molecule has 0 bridgehead atoms. The molecule has 0 atom stereocenters. The molecule has 0 aliphatic carbocycles. The van der Waals surface area contributed by atoms with Crippen LogP contribution < -0.4 is 10.6 Å². The van der Waals surface area contributed by atoms with E-state index in [0.717, 1.165) is 12.1 Å². The van der Waals surface area contributed by atoms with E-state index in [1.807, 2.05) is 0 Å². The number of amides is 2. The molecule has 0 aliphatic heterocycles. The summed E-state index contributed by atoms with van der Waals surface area (Å²) in [6.07, 6.45) is -2.72. The lowest BCUT2D eigenvalue weighted by molar-refractivity contribution is -0.137. The first-order valence-electron chi connectivity index (χ1n) is 9.74. The molecular weight excluding hydrogens is 425 g/mol. The molecule has 0 spiro atoms. The van der Waals surface area contributed by atoms with Crippen LogP contribution in [0.3, 0.4) is 0 Å². The number of hydrogen-bond donors (Lipinski definition) is 3. The maximum Gasteiger partial charge on any atom is 0.416 e. The minimum atomic E-state index is -4.48. The second kappa shape index (κ2) is 9.54. The zero-order valence-electron chi connectivity index (χ0n) is 17.1. The molecule has 2 amide bonds. The molecule has 0 radical (unpaired) electrons. The number of phenolic OH excluding ortho intramolecular Hbond substituents is 1. The van der Waals surface area contributed by atoms with Gasteiger partial charge in [0, 0.05) is 18.7 Å². The molecular formula is C22H21F3N4O3. The van der Waals surface area contributed by atoms with Gasteiger partial charge in [0.1, 0.15) is 5.75 Å². The predicted octanol–water partition coefficient (Wildman–Crippen LogP) is 3.46. The van der Waals surface area contributed by atoms with E-state index in [1.54, 1.807) is 19.1 Å². The lowest BCUT2D eigenvalue weighted by atomic mass is 10.2. The molecule has 0 fully saturated rings. The number of carbonyl (C=O) groups excluding carboxylic acids is 2. The third kappa shape index (κ3) is 5.45. The third-order valence-corrected chi connectivity index (χ3v) is 4.71. The molecule has 168 valence electrons. The van der Waals surface area contributed by atoms with Crippen LogP contribution in [0.15, 0.2) is 54.7 Å². The second-order valence-corrected chi connectivity index (χ2v) is 7.02. The SMILES string of the molecule is Cc1c(C(=O)NCCCNC(=O)c2cccc(O)c2)cnn1-c1cccc(C(F)(F)F)c1. The summed E-state index contributed by atoms with van der Waals surface area (Å²) in [5, 5.41) is 18.8. The van der Waals surface area contributed by atoms with Crippen molar-refractivity contribution in [2.75, 3.05) is 13.1 Å². The van der Waals surface area contributed by atoms with Gasteiger partial charge in [0.25, 0.3) is 11.8 Å². The molecule has 0 saturated carbocycles. The maximum absolute atomic E-state index is 13.0. The van der Waals surface area contributed by atoms with E-state index in [-0.39, 0.29) is 29.5 Å². The van der Waals surface area contributed by atoms with Gasteiger partial charge in [-0.05, 0) is 49.7 Å². The average molecular weight is 446 g/mol. The predicted molar refractivity (Wildman–Crippen MR) is 111 cm³/mol. The monoisotopic (exact) mass is 446 g/mol. The number of hydrogen-bond acceptors (Lipinski definition) is 4. The van der Waals surface area contributed by atoms with Gasteiger partial charge in [-0.3, -0.25) is 9.59 Å². The summed E-state index contributed by atoms with van der Waals surface area (Å²) in [6, 6.07) is 10.6. The molecule has 3 rings (SSSR count). The zero-order chi connectivity index (χ0) is 23.3. The van der Waals surface area contributed by atoms with E-state index in [9.17, 15) is 27.9 Å². The van der Waals surface area contributed by atoms with Crippen molar-refractivity contribution in [2.45, 2.75) is 19.5 Å². The van der Waals surface area contributed by atoms with Crippen molar-refractivity contribution in [1.29, 1.82) is 0 Å². The first-order valence-corrected chi connectivity index (χ1v) is 9.74. The molecule has 3 N–H and O–H groups in total. The summed E-state index contributed by atoms with van der Waals surface area (Å²) < 4.78 is 40.1. The van der Waals surface area contributed by atoms with Crippen molar-refractivity contribution in [3.05, 3.63) is 77.1 Å². The Morgan fingerprint density at radius 2 is 1.72 bits per heavy atom. The third-order valence-electron chi connectivity index (χ3n) is 4.71. The summed E-state index contributed by atoms with van der Waals surface area (Å²) in [7, 11) is 0. The number of rotatable bonds is 7. The lowest BCUT2D eigenvalue weighted by Crippen LogP contribution is -2.30. The number of alkyl halides is 3. The van der Waals surface area contributed by atoms with Crippen LogP contribution in [-0.2, 0) is 6.18 Å². The highest BCUT2D eigenvalue weighted by Crippen LogP contribution is 2.30. The Labute approximate surface area is 181 Å². The number of halogens is 3. The van der Waals surface area contributed by atoms with Crippen LogP contribution in [0, 0.1) is 6.92 Å². The Bertz CT molecular complexity index is 1130. The van der Waals surface area contributed by atoms with Gasteiger partial charge in [-0.2, -0.15) is 18.3 Å². The van der Waals surface area contributed by atoms with Gasteiger partial charge in [-0.15, -0.1) is 0 Å². The fourth-order valence-corrected chi connectivity index (χ4v) is 3.04. The molecule has 1 aromatic heterocycles. The molecule has 3 aromatic rings. The Balaban J connectivity index is 1.53. The van der Waals surface area contributed by atoms with Crippen LogP contribution in [0.1, 0.15) is 38.4 Å². The average Bonchev–Trinajstić information content (AvgIpc) is 3.14. The van der Waals surface area contributed by atoms with Gasteiger partial charge < -0.3 is 15.7 Å². The minimum absolute atomic E-state index is 0.00837. The summed E-state index contributed by atoms with van der Waals surface area (Å²) in [6.45, 7) is 2.17. The molecule has 0 saturated heterocycles. The van der Waals surface area contributed by atoms with E-state index in [2.05, 4.69) is 15.7 Å². The Hall–Kier alpha value is -3.82. The number of nitrogens with zero attached hydrogens (tertiary/aromatic N) is 2. The van der Waals surface area contributed by atoms with Gasteiger partial charge in [0.2, 0.25) is 0 Å². The van der Waals surface area contributed by atoms with E-state index in [4.69, 9.17) is 0 Å². The van der Waals surface area contributed by atoms with Crippen molar-refractivity contribution >= 4 is 11.8 Å². The molecule has 0 aliphatic rings. The van der Waals surface area contributed by atoms with E-state index >= 15 is 0 Å². The van der Waals surface area contributed by atoms with Crippen LogP contribution in [0.25, 0.3) is 5.69 Å². The Kier molecular flexibility index (Phi) is 6.82. The summed E-state index contributed by atoms with van der Waals surface area (Å²) in [5.41, 5.74) is 0.367. The van der Waals surface area contributed by atoms with Gasteiger partial charge in [0.15, 0.2) is 0 Å².